The molecule has 118 valence electrons. The molecule has 23 heavy (non-hydrogen) atoms. The van der Waals surface area contributed by atoms with Gasteiger partial charge in [0.2, 0.25) is 0 Å². The van der Waals surface area contributed by atoms with Gasteiger partial charge in [-0.05, 0) is 49.7 Å². The zero-order valence-corrected chi connectivity index (χ0v) is 14.4. The molecule has 3 aromatic rings. The molecule has 0 atom stereocenters. The van der Waals surface area contributed by atoms with Crippen LogP contribution in [0.25, 0.3) is 5.65 Å². The highest BCUT2D eigenvalue weighted by Gasteiger charge is 2.09. The van der Waals surface area contributed by atoms with E-state index in [-0.39, 0.29) is 12.5 Å². The maximum Gasteiger partial charge on any atom is 0.262 e. The minimum Gasteiger partial charge on any atom is -0.480 e. The maximum absolute atomic E-state index is 12.0. The number of rotatable bonds is 4. The third-order valence-corrected chi connectivity index (χ3v) is 4.26. The van der Waals surface area contributed by atoms with Gasteiger partial charge in [0.25, 0.3) is 5.91 Å². The number of imidazole rings is 1. The van der Waals surface area contributed by atoms with E-state index in [9.17, 15) is 4.79 Å². The van der Waals surface area contributed by atoms with Gasteiger partial charge in [-0.2, -0.15) is 0 Å². The van der Waals surface area contributed by atoms with Gasteiger partial charge in [-0.1, -0.05) is 15.9 Å². The Kier molecular flexibility index (Phi) is 4.34. The average molecular weight is 374 g/mol. The first-order valence-electron chi connectivity index (χ1n) is 7.16. The van der Waals surface area contributed by atoms with Crippen molar-refractivity contribution in [2.75, 3.05) is 11.9 Å². The van der Waals surface area contributed by atoms with Gasteiger partial charge in [0.15, 0.2) is 18.0 Å². The Labute approximate surface area is 142 Å². The molecule has 0 unspecified atom stereocenters. The molecule has 0 radical (unpaired) electrons. The van der Waals surface area contributed by atoms with Gasteiger partial charge in [0.1, 0.15) is 0 Å². The summed E-state index contributed by atoms with van der Waals surface area (Å²) in [5.74, 6) is 0.375. The fourth-order valence-electron chi connectivity index (χ4n) is 2.29. The summed E-state index contributed by atoms with van der Waals surface area (Å²) in [7, 11) is 0. The van der Waals surface area contributed by atoms with E-state index in [0.717, 1.165) is 21.4 Å². The third kappa shape index (κ3) is 3.53. The number of hydrogen-bond acceptors (Lipinski definition) is 3. The van der Waals surface area contributed by atoms with E-state index < -0.39 is 0 Å². The summed E-state index contributed by atoms with van der Waals surface area (Å²) in [5, 5.41) is 2.82. The van der Waals surface area contributed by atoms with Crippen LogP contribution in [0.4, 0.5) is 5.69 Å². The number of pyridine rings is 1. The zero-order chi connectivity index (χ0) is 16.4. The summed E-state index contributed by atoms with van der Waals surface area (Å²) in [6.45, 7) is 3.82. The highest BCUT2D eigenvalue weighted by Crippen LogP contribution is 2.21. The van der Waals surface area contributed by atoms with Gasteiger partial charge in [0.05, 0.1) is 5.69 Å². The molecule has 1 N–H and O–H groups in total. The van der Waals surface area contributed by atoms with E-state index in [2.05, 4.69) is 26.2 Å². The van der Waals surface area contributed by atoms with Crippen molar-refractivity contribution in [3.8, 4) is 5.75 Å². The van der Waals surface area contributed by atoms with Crippen LogP contribution in [0, 0.1) is 13.8 Å². The van der Waals surface area contributed by atoms with Gasteiger partial charge in [-0.3, -0.25) is 4.79 Å². The van der Waals surface area contributed by atoms with E-state index in [1.807, 2.05) is 54.9 Å². The lowest BCUT2D eigenvalue weighted by Crippen LogP contribution is -2.20. The minimum absolute atomic E-state index is 0.0688. The van der Waals surface area contributed by atoms with Crippen LogP contribution in [0.5, 0.6) is 5.75 Å². The predicted molar refractivity (Wildman–Crippen MR) is 92.9 cm³/mol. The van der Waals surface area contributed by atoms with Gasteiger partial charge in [-0.15, -0.1) is 0 Å². The smallest absolute Gasteiger partial charge is 0.262 e. The number of aryl methyl sites for hydroxylation is 2. The number of halogens is 1. The maximum atomic E-state index is 12.0. The van der Waals surface area contributed by atoms with Gasteiger partial charge >= 0.3 is 0 Å². The third-order valence-electron chi connectivity index (χ3n) is 3.37. The molecule has 0 aliphatic carbocycles. The number of aromatic nitrogens is 2. The first-order valence-corrected chi connectivity index (χ1v) is 7.95. The number of ether oxygens (including phenoxy) is 1. The summed E-state index contributed by atoms with van der Waals surface area (Å²) < 4.78 is 8.50. The molecule has 0 saturated carbocycles. The molecule has 3 rings (SSSR count). The number of fused-ring (bicyclic) bond motifs is 1. The monoisotopic (exact) mass is 373 g/mol. The number of anilines is 1. The van der Waals surface area contributed by atoms with Crippen molar-refractivity contribution in [1.29, 1.82) is 0 Å². The van der Waals surface area contributed by atoms with Crippen LogP contribution in [0.15, 0.2) is 47.2 Å². The molecule has 6 heteroatoms. The number of nitrogens with one attached hydrogen (secondary N) is 1. The summed E-state index contributed by atoms with van der Waals surface area (Å²) in [4.78, 5) is 16.4. The Balaban J connectivity index is 1.67. The summed E-state index contributed by atoms with van der Waals surface area (Å²) in [6.07, 6.45) is 3.81. The first kappa shape index (κ1) is 15.6. The van der Waals surface area contributed by atoms with Crippen LogP contribution in [0.1, 0.15) is 11.3 Å². The van der Waals surface area contributed by atoms with Crippen molar-refractivity contribution < 1.29 is 9.53 Å². The standard InChI is InChI=1S/C17H16BrN3O2/c1-11-8-13(5-6-14(11)18)20-16(22)10-23-15-4-3-7-21-9-12(2)19-17(15)21/h3-9H,10H2,1-2H3,(H,20,22). The van der Waals surface area contributed by atoms with Gasteiger partial charge in [0, 0.05) is 22.6 Å². The SMILES string of the molecule is Cc1cn2cccc(OCC(=O)Nc3ccc(Br)c(C)c3)c2n1. The lowest BCUT2D eigenvalue weighted by Gasteiger charge is -2.09. The molecule has 5 nitrogen and oxygen atoms in total. The number of nitrogens with zero attached hydrogens (tertiary/aromatic N) is 2. The highest BCUT2D eigenvalue weighted by atomic mass is 79.9. The number of hydrogen-bond donors (Lipinski definition) is 1. The topological polar surface area (TPSA) is 55.6 Å². The fraction of sp³-hybridized carbons (Fsp3) is 0.176. The van der Waals surface area contributed by atoms with Crippen LogP contribution in [-0.4, -0.2) is 21.9 Å². The second-order valence-corrected chi connectivity index (χ2v) is 6.14. The second kappa shape index (κ2) is 6.42. The first-order chi connectivity index (χ1) is 11.0. The van der Waals surface area contributed by atoms with Crippen molar-refractivity contribution >= 4 is 33.2 Å². The van der Waals surface area contributed by atoms with Crippen molar-refractivity contribution in [2.45, 2.75) is 13.8 Å². The Bertz CT molecular complexity index is 873. The Morgan fingerprint density at radius 2 is 2.17 bits per heavy atom. The number of carbonyl (C=O) groups excluding carboxylic acids is 1. The van der Waals surface area contributed by atoms with Gasteiger partial charge in [-0.25, -0.2) is 4.98 Å². The molecular formula is C17H16BrN3O2. The van der Waals surface area contributed by atoms with Crippen molar-refractivity contribution in [1.82, 2.24) is 9.38 Å². The van der Waals surface area contributed by atoms with E-state index in [4.69, 9.17) is 4.74 Å². The van der Waals surface area contributed by atoms with E-state index in [0.29, 0.717) is 11.4 Å². The Hall–Kier alpha value is -2.34. The zero-order valence-electron chi connectivity index (χ0n) is 12.8. The van der Waals surface area contributed by atoms with Crippen molar-refractivity contribution in [3.05, 3.63) is 58.5 Å². The number of carbonyl (C=O) groups is 1. The fourth-order valence-corrected chi connectivity index (χ4v) is 2.53. The number of benzene rings is 1. The van der Waals surface area contributed by atoms with Crippen LogP contribution in [0.2, 0.25) is 0 Å². The van der Waals surface area contributed by atoms with E-state index in [1.165, 1.54) is 0 Å². The molecule has 0 bridgehead atoms. The Morgan fingerprint density at radius 1 is 1.35 bits per heavy atom. The molecular weight excluding hydrogens is 358 g/mol. The second-order valence-electron chi connectivity index (χ2n) is 5.29. The molecule has 0 spiro atoms. The van der Waals surface area contributed by atoms with E-state index >= 15 is 0 Å². The van der Waals surface area contributed by atoms with Crippen LogP contribution >= 0.6 is 15.9 Å². The summed E-state index contributed by atoms with van der Waals surface area (Å²) >= 11 is 3.44. The molecule has 2 aromatic heterocycles. The summed E-state index contributed by atoms with van der Waals surface area (Å²) in [5.41, 5.74) is 3.41. The molecule has 1 aromatic carbocycles. The van der Waals surface area contributed by atoms with Crippen molar-refractivity contribution in [2.24, 2.45) is 0 Å². The predicted octanol–water partition coefficient (Wildman–Crippen LogP) is 3.73. The molecule has 0 aliphatic rings. The van der Waals surface area contributed by atoms with Gasteiger partial charge < -0.3 is 14.5 Å². The largest absolute Gasteiger partial charge is 0.480 e. The molecule has 0 fully saturated rings. The molecule has 0 saturated heterocycles. The van der Waals surface area contributed by atoms with Crippen LogP contribution < -0.4 is 10.1 Å². The van der Waals surface area contributed by atoms with Crippen LogP contribution in [0.3, 0.4) is 0 Å². The quantitative estimate of drug-likeness (QED) is 0.757. The lowest BCUT2D eigenvalue weighted by molar-refractivity contribution is -0.118. The number of amides is 1. The molecule has 0 aliphatic heterocycles. The average Bonchev–Trinajstić information content (AvgIpc) is 2.89. The lowest BCUT2D eigenvalue weighted by atomic mass is 10.2. The summed E-state index contributed by atoms with van der Waals surface area (Å²) in [6, 6.07) is 9.31. The molecule has 1 amide bonds. The van der Waals surface area contributed by atoms with E-state index in [1.54, 1.807) is 6.07 Å². The normalized spacial score (nSPS) is 10.7. The minimum atomic E-state index is -0.211. The Morgan fingerprint density at radius 3 is 2.96 bits per heavy atom. The van der Waals surface area contributed by atoms with Crippen LogP contribution in [-0.2, 0) is 4.79 Å². The molecule has 2 heterocycles. The van der Waals surface area contributed by atoms with Crippen molar-refractivity contribution in [3.63, 3.8) is 0 Å². The highest BCUT2D eigenvalue weighted by molar-refractivity contribution is 9.10.